The Kier molecular flexibility index (Phi) is 4.48. The molecule has 0 saturated heterocycles. The zero-order chi connectivity index (χ0) is 13.8. The third-order valence-electron chi connectivity index (χ3n) is 2.63. The molecule has 1 aliphatic rings. The van der Waals surface area contributed by atoms with Crippen LogP contribution < -0.4 is 5.32 Å². The molecule has 0 heterocycles. The van der Waals surface area contributed by atoms with Crippen molar-refractivity contribution in [2.75, 3.05) is 7.05 Å². The molecular formula is C14H19NO3. The number of ether oxygens (including phenoxy) is 1. The summed E-state index contributed by atoms with van der Waals surface area (Å²) in [6.45, 7) is 5.70. The van der Waals surface area contributed by atoms with Crippen LogP contribution in [-0.4, -0.2) is 19.0 Å². The molecule has 0 unspecified atom stereocenters. The normalized spacial score (nSPS) is 17.3. The van der Waals surface area contributed by atoms with E-state index in [-0.39, 0.29) is 11.8 Å². The molecule has 98 valence electrons. The van der Waals surface area contributed by atoms with Crippen LogP contribution in [0.5, 0.6) is 0 Å². The summed E-state index contributed by atoms with van der Waals surface area (Å²) in [6.07, 6.45) is 7.58. The van der Waals surface area contributed by atoms with Crippen molar-refractivity contribution in [2.24, 2.45) is 5.41 Å². The minimum atomic E-state index is -0.621. The molecule has 4 heteroatoms. The Hall–Kier alpha value is -1.84. The number of allylic oxidation sites excluding steroid dienone is 3. The molecule has 1 rings (SSSR count). The average Bonchev–Trinajstić information content (AvgIpc) is 2.47. The van der Waals surface area contributed by atoms with Crippen molar-refractivity contribution in [2.45, 2.75) is 27.2 Å². The van der Waals surface area contributed by atoms with E-state index in [0.717, 1.165) is 0 Å². The number of esters is 2. The van der Waals surface area contributed by atoms with Crippen molar-refractivity contribution in [3.05, 3.63) is 35.6 Å². The van der Waals surface area contributed by atoms with Crippen LogP contribution in [0.25, 0.3) is 0 Å². The fourth-order valence-electron chi connectivity index (χ4n) is 1.46. The van der Waals surface area contributed by atoms with Gasteiger partial charge in [0, 0.05) is 24.6 Å². The van der Waals surface area contributed by atoms with Crippen LogP contribution in [-0.2, 0) is 14.3 Å². The van der Waals surface area contributed by atoms with Gasteiger partial charge in [0.2, 0.25) is 0 Å². The Morgan fingerprint density at radius 2 is 1.89 bits per heavy atom. The maximum atomic E-state index is 11.9. The lowest BCUT2D eigenvalue weighted by molar-refractivity contribution is -0.156. The maximum Gasteiger partial charge on any atom is 0.347 e. The van der Waals surface area contributed by atoms with Crippen molar-refractivity contribution < 1.29 is 14.3 Å². The van der Waals surface area contributed by atoms with Crippen LogP contribution >= 0.6 is 0 Å². The van der Waals surface area contributed by atoms with Gasteiger partial charge in [-0.25, -0.2) is 4.79 Å². The highest BCUT2D eigenvalue weighted by atomic mass is 16.6. The molecule has 4 nitrogen and oxygen atoms in total. The van der Waals surface area contributed by atoms with E-state index in [1.54, 1.807) is 20.0 Å². The van der Waals surface area contributed by atoms with Crippen LogP contribution in [0.1, 0.15) is 27.2 Å². The Bertz CT molecular complexity index is 442. The summed E-state index contributed by atoms with van der Waals surface area (Å²) in [4.78, 5) is 23.0. The van der Waals surface area contributed by atoms with E-state index in [0.29, 0.717) is 11.3 Å². The third-order valence-corrected chi connectivity index (χ3v) is 2.63. The standard InChI is InChI=1S/C14H19NO3/c1-5-12(16)18-13(17)10-6-8-14(2,3)9-7-11(10)15-4/h6-9,15H,5H2,1-4H3. The van der Waals surface area contributed by atoms with Crippen molar-refractivity contribution in [1.82, 2.24) is 5.32 Å². The highest BCUT2D eigenvalue weighted by molar-refractivity contribution is 5.99. The molecule has 0 radical (unpaired) electrons. The van der Waals surface area contributed by atoms with E-state index in [1.165, 1.54) is 0 Å². The van der Waals surface area contributed by atoms with Crippen molar-refractivity contribution in [3.63, 3.8) is 0 Å². The summed E-state index contributed by atoms with van der Waals surface area (Å²) in [6, 6.07) is 0. The molecule has 0 fully saturated rings. The summed E-state index contributed by atoms with van der Waals surface area (Å²) >= 11 is 0. The van der Waals surface area contributed by atoms with Crippen molar-refractivity contribution in [3.8, 4) is 0 Å². The van der Waals surface area contributed by atoms with E-state index in [1.807, 2.05) is 32.1 Å². The number of likely N-dealkylation sites (N-methyl/N-ethyl adjacent to an activating group) is 1. The lowest BCUT2D eigenvalue weighted by Gasteiger charge is -2.12. The molecule has 0 aromatic heterocycles. The summed E-state index contributed by atoms with van der Waals surface area (Å²) < 4.78 is 4.73. The zero-order valence-electron chi connectivity index (χ0n) is 11.2. The Balaban J connectivity index is 3.03. The molecule has 0 aliphatic heterocycles. The van der Waals surface area contributed by atoms with Gasteiger partial charge >= 0.3 is 11.9 Å². The first kappa shape index (κ1) is 14.2. The van der Waals surface area contributed by atoms with Crippen LogP contribution in [0.15, 0.2) is 35.6 Å². The molecule has 0 amide bonds. The number of carbonyl (C=O) groups excluding carboxylic acids is 2. The minimum Gasteiger partial charge on any atom is -0.389 e. The van der Waals surface area contributed by atoms with E-state index in [4.69, 9.17) is 4.74 Å². The highest BCUT2D eigenvalue weighted by Gasteiger charge is 2.20. The van der Waals surface area contributed by atoms with Gasteiger partial charge in [0.25, 0.3) is 0 Å². The summed E-state index contributed by atoms with van der Waals surface area (Å²) in [5, 5.41) is 2.93. The van der Waals surface area contributed by atoms with Gasteiger partial charge in [-0.2, -0.15) is 0 Å². The molecule has 1 aliphatic carbocycles. The lowest BCUT2D eigenvalue weighted by atomic mass is 9.93. The molecule has 0 atom stereocenters. The summed E-state index contributed by atoms with van der Waals surface area (Å²) in [5.74, 6) is -1.14. The second kappa shape index (κ2) is 5.67. The Morgan fingerprint density at radius 3 is 2.44 bits per heavy atom. The van der Waals surface area contributed by atoms with Gasteiger partial charge in [-0.05, 0) is 12.2 Å². The molecule has 0 aromatic rings. The molecule has 18 heavy (non-hydrogen) atoms. The van der Waals surface area contributed by atoms with E-state index < -0.39 is 11.9 Å². The van der Waals surface area contributed by atoms with Crippen LogP contribution in [0.4, 0.5) is 0 Å². The fourth-order valence-corrected chi connectivity index (χ4v) is 1.46. The molecule has 0 saturated carbocycles. The fraction of sp³-hybridized carbons (Fsp3) is 0.429. The Labute approximate surface area is 107 Å². The van der Waals surface area contributed by atoms with E-state index >= 15 is 0 Å². The van der Waals surface area contributed by atoms with Gasteiger partial charge in [0.1, 0.15) is 0 Å². The van der Waals surface area contributed by atoms with Gasteiger partial charge in [0.15, 0.2) is 0 Å². The van der Waals surface area contributed by atoms with Crippen LogP contribution in [0.2, 0.25) is 0 Å². The average molecular weight is 249 g/mol. The van der Waals surface area contributed by atoms with E-state index in [2.05, 4.69) is 5.32 Å². The molecule has 1 N–H and O–H groups in total. The quantitative estimate of drug-likeness (QED) is 0.614. The van der Waals surface area contributed by atoms with Crippen LogP contribution in [0, 0.1) is 5.41 Å². The predicted molar refractivity (Wildman–Crippen MR) is 69.5 cm³/mol. The highest BCUT2D eigenvalue weighted by Crippen LogP contribution is 2.25. The first-order valence-corrected chi connectivity index (χ1v) is 5.95. The number of carbonyl (C=O) groups is 2. The van der Waals surface area contributed by atoms with Gasteiger partial charge in [0.05, 0.1) is 5.57 Å². The largest absolute Gasteiger partial charge is 0.389 e. The van der Waals surface area contributed by atoms with Crippen LogP contribution in [0.3, 0.4) is 0 Å². The summed E-state index contributed by atoms with van der Waals surface area (Å²) in [7, 11) is 1.72. The number of rotatable bonds is 3. The van der Waals surface area contributed by atoms with Crippen molar-refractivity contribution >= 4 is 11.9 Å². The SMILES string of the molecule is CCC(=O)OC(=O)C1=C(NC)C=CC(C)(C)C=C1. The molecule has 0 aromatic carbocycles. The van der Waals surface area contributed by atoms with Gasteiger partial charge in [-0.1, -0.05) is 32.9 Å². The second-order valence-corrected chi connectivity index (χ2v) is 4.68. The van der Waals surface area contributed by atoms with Gasteiger partial charge < -0.3 is 10.1 Å². The second-order valence-electron chi connectivity index (χ2n) is 4.68. The molecule has 0 bridgehead atoms. The van der Waals surface area contributed by atoms with E-state index in [9.17, 15) is 9.59 Å². The first-order valence-electron chi connectivity index (χ1n) is 5.95. The number of hydrogen-bond donors (Lipinski definition) is 1. The first-order chi connectivity index (χ1) is 8.39. The topological polar surface area (TPSA) is 55.4 Å². The monoisotopic (exact) mass is 249 g/mol. The minimum absolute atomic E-state index is 0.140. The van der Waals surface area contributed by atoms with Gasteiger partial charge in [-0.15, -0.1) is 0 Å². The summed E-state index contributed by atoms with van der Waals surface area (Å²) in [5.41, 5.74) is 0.866. The molecular weight excluding hydrogens is 230 g/mol. The predicted octanol–water partition coefficient (Wildman–Crippen LogP) is 2.09. The van der Waals surface area contributed by atoms with Gasteiger partial charge in [-0.3, -0.25) is 4.79 Å². The smallest absolute Gasteiger partial charge is 0.347 e. The number of hydrogen-bond acceptors (Lipinski definition) is 4. The maximum absolute atomic E-state index is 11.9. The van der Waals surface area contributed by atoms with Crippen molar-refractivity contribution in [1.29, 1.82) is 0 Å². The third kappa shape index (κ3) is 3.58. The zero-order valence-corrected chi connectivity index (χ0v) is 11.2. The molecule has 0 spiro atoms. The Morgan fingerprint density at radius 1 is 1.28 bits per heavy atom. The number of nitrogens with one attached hydrogen (secondary N) is 1. The lowest BCUT2D eigenvalue weighted by Crippen LogP contribution is -2.17.